The molecule has 0 bridgehead atoms. The molecule has 1 aromatic heterocycles. The van der Waals surface area contributed by atoms with Crippen molar-refractivity contribution in [1.82, 2.24) is 4.57 Å². The Balaban J connectivity index is 0.00000243. The smallest absolute Gasteiger partial charge is 0.497 e. The molecule has 0 saturated carbocycles. The Kier molecular flexibility index (Phi) is 7.07. The van der Waals surface area contributed by atoms with Crippen LogP contribution in [-0.4, -0.2) is 28.7 Å². The number of carbonyl (C=O) groups is 2. The van der Waals surface area contributed by atoms with Crippen molar-refractivity contribution in [2.75, 3.05) is 7.11 Å². The third kappa shape index (κ3) is 4.06. The summed E-state index contributed by atoms with van der Waals surface area (Å²) in [5.41, 5.74) is 2.32. The topological polar surface area (TPSA) is 68.5 Å². The third-order valence-electron chi connectivity index (χ3n) is 4.16. The number of methoxy groups -OCH3 is 1. The quantitative estimate of drug-likeness (QED) is 0.666. The SMILES string of the molecule is COc1ccc2c(c1)c(CC(=O)O)c(C)n2C(=O)c1ccc(Cl)cc1.[K+]. The number of nitrogens with zero attached hydrogens (tertiary/aromatic N) is 1. The maximum absolute atomic E-state index is 13.0. The number of carbonyl (C=O) groups excluding carboxylic acids is 1. The van der Waals surface area contributed by atoms with Crippen LogP contribution in [0.3, 0.4) is 0 Å². The van der Waals surface area contributed by atoms with Crippen LogP contribution in [0.2, 0.25) is 5.02 Å². The van der Waals surface area contributed by atoms with E-state index in [0.29, 0.717) is 38.5 Å². The van der Waals surface area contributed by atoms with E-state index in [1.807, 2.05) is 0 Å². The van der Waals surface area contributed by atoms with Crippen molar-refractivity contribution in [3.63, 3.8) is 0 Å². The van der Waals surface area contributed by atoms with Crippen molar-refractivity contribution in [3.05, 3.63) is 64.3 Å². The molecular weight excluding hydrogens is 381 g/mol. The van der Waals surface area contributed by atoms with Gasteiger partial charge in [0.15, 0.2) is 0 Å². The van der Waals surface area contributed by atoms with Gasteiger partial charge in [0.2, 0.25) is 0 Å². The summed E-state index contributed by atoms with van der Waals surface area (Å²) >= 11 is 5.89. The number of benzene rings is 2. The Bertz CT molecular complexity index is 979. The minimum absolute atomic E-state index is 0. The number of hydrogen-bond acceptors (Lipinski definition) is 3. The van der Waals surface area contributed by atoms with E-state index in [1.54, 1.807) is 56.5 Å². The van der Waals surface area contributed by atoms with Crippen LogP contribution in [0.25, 0.3) is 10.9 Å². The molecule has 0 unspecified atom stereocenters. The number of ether oxygens (including phenoxy) is 1. The molecule has 3 aromatic rings. The number of carboxylic acids is 1. The van der Waals surface area contributed by atoms with Gasteiger partial charge in [0, 0.05) is 21.7 Å². The van der Waals surface area contributed by atoms with E-state index in [0.717, 1.165) is 0 Å². The first-order chi connectivity index (χ1) is 11.9. The molecular formula is C19H16ClKNO4+. The van der Waals surface area contributed by atoms with Crippen LogP contribution in [0.4, 0.5) is 0 Å². The summed E-state index contributed by atoms with van der Waals surface area (Å²) in [6.07, 6.45) is -0.170. The molecule has 128 valence electrons. The third-order valence-corrected chi connectivity index (χ3v) is 4.42. The minimum Gasteiger partial charge on any atom is -0.497 e. The van der Waals surface area contributed by atoms with Crippen molar-refractivity contribution < 1.29 is 70.8 Å². The van der Waals surface area contributed by atoms with E-state index in [9.17, 15) is 14.7 Å². The first-order valence-corrected chi connectivity index (χ1v) is 8.00. The molecule has 0 aliphatic carbocycles. The van der Waals surface area contributed by atoms with Crippen molar-refractivity contribution in [2.45, 2.75) is 13.3 Å². The van der Waals surface area contributed by atoms with Crippen LogP contribution in [0.1, 0.15) is 21.6 Å². The maximum atomic E-state index is 13.0. The van der Waals surface area contributed by atoms with E-state index in [4.69, 9.17) is 16.3 Å². The zero-order chi connectivity index (χ0) is 18.1. The number of aromatic nitrogens is 1. The zero-order valence-electron chi connectivity index (χ0n) is 14.7. The molecule has 26 heavy (non-hydrogen) atoms. The molecule has 0 amide bonds. The molecule has 0 radical (unpaired) electrons. The average Bonchev–Trinajstić information content (AvgIpc) is 2.86. The van der Waals surface area contributed by atoms with Crippen LogP contribution in [-0.2, 0) is 11.2 Å². The molecule has 0 fully saturated rings. The van der Waals surface area contributed by atoms with Gasteiger partial charge >= 0.3 is 57.4 Å². The normalized spacial score (nSPS) is 10.4. The van der Waals surface area contributed by atoms with Gasteiger partial charge in [-0.3, -0.25) is 14.2 Å². The van der Waals surface area contributed by atoms with Crippen molar-refractivity contribution in [2.24, 2.45) is 0 Å². The van der Waals surface area contributed by atoms with Crippen LogP contribution in [0.15, 0.2) is 42.5 Å². The Labute approximate surface area is 198 Å². The van der Waals surface area contributed by atoms with Gasteiger partial charge in [-0.15, -0.1) is 0 Å². The van der Waals surface area contributed by atoms with Gasteiger partial charge in [0.05, 0.1) is 19.0 Å². The molecule has 3 rings (SSSR count). The van der Waals surface area contributed by atoms with Crippen LogP contribution < -0.4 is 56.1 Å². The van der Waals surface area contributed by atoms with Crippen LogP contribution in [0, 0.1) is 6.92 Å². The van der Waals surface area contributed by atoms with Gasteiger partial charge in [-0.1, -0.05) is 11.6 Å². The van der Waals surface area contributed by atoms with E-state index >= 15 is 0 Å². The Morgan fingerprint density at radius 1 is 1.15 bits per heavy atom. The molecule has 5 nitrogen and oxygen atoms in total. The summed E-state index contributed by atoms with van der Waals surface area (Å²) in [7, 11) is 1.54. The minimum atomic E-state index is -0.955. The van der Waals surface area contributed by atoms with Gasteiger partial charge in [-0.25, -0.2) is 0 Å². The maximum Gasteiger partial charge on any atom is 1.00 e. The van der Waals surface area contributed by atoms with E-state index in [2.05, 4.69) is 0 Å². The molecule has 7 heteroatoms. The average molecular weight is 397 g/mol. The molecule has 0 spiro atoms. The second-order valence-corrected chi connectivity index (χ2v) is 6.10. The molecule has 1 N–H and O–H groups in total. The molecule has 0 atom stereocenters. The summed E-state index contributed by atoms with van der Waals surface area (Å²) < 4.78 is 6.77. The van der Waals surface area contributed by atoms with Gasteiger partial charge in [-0.2, -0.15) is 0 Å². The van der Waals surface area contributed by atoms with Crippen molar-refractivity contribution in [3.8, 4) is 5.75 Å². The molecule has 1 heterocycles. The number of fused-ring (bicyclic) bond motifs is 1. The summed E-state index contributed by atoms with van der Waals surface area (Å²) in [6, 6.07) is 11.9. The van der Waals surface area contributed by atoms with Gasteiger partial charge in [0.25, 0.3) is 5.91 Å². The number of aliphatic carboxylic acids is 1. The number of halogens is 1. The largest absolute Gasteiger partial charge is 1.00 e. The van der Waals surface area contributed by atoms with Crippen LogP contribution >= 0.6 is 11.6 Å². The molecule has 2 aromatic carbocycles. The predicted molar refractivity (Wildman–Crippen MR) is 95.7 cm³/mol. The second-order valence-electron chi connectivity index (χ2n) is 5.67. The fourth-order valence-corrected chi connectivity index (χ4v) is 3.07. The van der Waals surface area contributed by atoms with Crippen molar-refractivity contribution >= 4 is 34.4 Å². The Morgan fingerprint density at radius 3 is 2.38 bits per heavy atom. The first-order valence-electron chi connectivity index (χ1n) is 7.62. The van der Waals surface area contributed by atoms with E-state index in [-0.39, 0.29) is 63.7 Å². The fourth-order valence-electron chi connectivity index (χ4n) is 2.95. The summed E-state index contributed by atoms with van der Waals surface area (Å²) in [4.78, 5) is 24.3. The second kappa shape index (κ2) is 8.69. The monoisotopic (exact) mass is 396 g/mol. The van der Waals surface area contributed by atoms with Gasteiger partial charge < -0.3 is 9.84 Å². The van der Waals surface area contributed by atoms with Crippen LogP contribution in [0.5, 0.6) is 5.75 Å². The summed E-state index contributed by atoms with van der Waals surface area (Å²) in [5, 5.41) is 10.5. The Hall–Kier alpha value is -1.15. The summed E-state index contributed by atoms with van der Waals surface area (Å²) in [6.45, 7) is 1.75. The Morgan fingerprint density at radius 2 is 1.81 bits per heavy atom. The van der Waals surface area contributed by atoms with E-state index < -0.39 is 5.97 Å². The zero-order valence-corrected chi connectivity index (χ0v) is 18.6. The molecule has 0 saturated heterocycles. The summed E-state index contributed by atoms with van der Waals surface area (Å²) in [5.74, 6) is -0.583. The van der Waals surface area contributed by atoms with Crippen molar-refractivity contribution in [1.29, 1.82) is 0 Å². The fraction of sp³-hybridized carbons (Fsp3) is 0.158. The predicted octanol–water partition coefficient (Wildman–Crippen LogP) is 0.931. The number of carboxylic acid groups (broad SMARTS) is 1. The molecule has 0 aliphatic heterocycles. The number of hydrogen-bond donors (Lipinski definition) is 1. The first kappa shape index (κ1) is 21.1. The van der Waals surface area contributed by atoms with Gasteiger partial charge in [-0.05, 0) is 55.0 Å². The van der Waals surface area contributed by atoms with Gasteiger partial charge in [0.1, 0.15) is 5.75 Å². The van der Waals surface area contributed by atoms with E-state index in [1.165, 1.54) is 4.57 Å². The number of rotatable bonds is 4. The standard InChI is InChI=1S/C19H16ClNO4.K/c1-11-15(10-18(22)23)16-9-14(25-2)7-8-17(16)21(11)19(24)12-3-5-13(20)6-4-12;/h3-9H,10H2,1-2H3,(H,22,23);/q;+1. The molecule has 0 aliphatic rings.